The lowest BCUT2D eigenvalue weighted by Crippen LogP contribution is -2.48. The fourth-order valence-corrected chi connectivity index (χ4v) is 4.82. The molecule has 130 valence electrons. The number of sulfonamides is 1. The Kier molecular flexibility index (Phi) is 3.97. The van der Waals surface area contributed by atoms with Crippen molar-refractivity contribution in [1.82, 2.24) is 4.72 Å². The molecule has 2 aliphatic rings. The minimum absolute atomic E-state index is 0.136. The molecular formula is C18H18N2O4S. The van der Waals surface area contributed by atoms with Gasteiger partial charge in [-0.05, 0) is 30.5 Å². The third-order valence-corrected chi connectivity index (χ3v) is 5.99. The number of fused-ring (bicyclic) bond motifs is 3. The molecule has 1 unspecified atom stereocenters. The fourth-order valence-electron chi connectivity index (χ4n) is 3.36. The summed E-state index contributed by atoms with van der Waals surface area (Å²) in [6, 6.07) is 14.1. The SMILES string of the molecule is O=C(Cc1ccccc1)Oc1ccc2c(c1)S(=O)(=O)NC1CCCN21. The quantitative estimate of drug-likeness (QED) is 0.671. The van der Waals surface area contributed by atoms with Crippen molar-refractivity contribution in [3.63, 3.8) is 0 Å². The molecule has 2 aliphatic heterocycles. The Bertz CT molecular complexity index is 912. The molecule has 2 aromatic carbocycles. The average molecular weight is 358 g/mol. The third kappa shape index (κ3) is 3.12. The van der Waals surface area contributed by atoms with Crippen LogP contribution in [0.5, 0.6) is 5.75 Å². The van der Waals surface area contributed by atoms with Gasteiger partial charge in [-0.1, -0.05) is 30.3 Å². The highest BCUT2D eigenvalue weighted by Gasteiger charge is 2.37. The molecule has 0 saturated carbocycles. The van der Waals surface area contributed by atoms with E-state index in [2.05, 4.69) is 4.72 Å². The summed E-state index contributed by atoms with van der Waals surface area (Å²) in [6.07, 6.45) is 1.70. The average Bonchev–Trinajstić information content (AvgIpc) is 3.03. The van der Waals surface area contributed by atoms with E-state index in [9.17, 15) is 13.2 Å². The summed E-state index contributed by atoms with van der Waals surface area (Å²) in [5, 5.41) is 0. The Labute approximate surface area is 146 Å². The van der Waals surface area contributed by atoms with E-state index >= 15 is 0 Å². The highest BCUT2D eigenvalue weighted by Crippen LogP contribution is 2.37. The van der Waals surface area contributed by atoms with Crippen LogP contribution in [0.4, 0.5) is 5.69 Å². The predicted molar refractivity (Wildman–Crippen MR) is 92.9 cm³/mol. The van der Waals surface area contributed by atoms with Crippen molar-refractivity contribution in [3.05, 3.63) is 54.1 Å². The lowest BCUT2D eigenvalue weighted by Gasteiger charge is -2.33. The number of carbonyl (C=O) groups excluding carboxylic acids is 1. The van der Waals surface area contributed by atoms with Crippen molar-refractivity contribution in [2.45, 2.75) is 30.3 Å². The lowest BCUT2D eigenvalue weighted by molar-refractivity contribution is -0.133. The number of nitrogens with zero attached hydrogens (tertiary/aromatic N) is 1. The summed E-state index contributed by atoms with van der Waals surface area (Å²) in [7, 11) is -3.60. The van der Waals surface area contributed by atoms with Crippen molar-refractivity contribution in [2.75, 3.05) is 11.4 Å². The summed E-state index contributed by atoms with van der Waals surface area (Å²) < 4.78 is 33.0. The molecule has 0 aliphatic carbocycles. The van der Waals surface area contributed by atoms with Crippen LogP contribution in [0.25, 0.3) is 0 Å². The maximum absolute atomic E-state index is 12.5. The highest BCUT2D eigenvalue weighted by molar-refractivity contribution is 7.89. The Morgan fingerprint density at radius 3 is 2.80 bits per heavy atom. The number of anilines is 1. The zero-order chi connectivity index (χ0) is 17.4. The Morgan fingerprint density at radius 1 is 1.20 bits per heavy atom. The van der Waals surface area contributed by atoms with Crippen LogP contribution in [0.2, 0.25) is 0 Å². The lowest BCUT2D eigenvalue weighted by atomic mass is 10.1. The van der Waals surface area contributed by atoms with Gasteiger partial charge in [-0.2, -0.15) is 4.72 Å². The monoisotopic (exact) mass is 358 g/mol. The molecule has 1 fully saturated rings. The van der Waals surface area contributed by atoms with Crippen molar-refractivity contribution < 1.29 is 17.9 Å². The van der Waals surface area contributed by atoms with Crippen LogP contribution < -0.4 is 14.4 Å². The van der Waals surface area contributed by atoms with E-state index in [-0.39, 0.29) is 23.2 Å². The van der Waals surface area contributed by atoms with Crippen molar-refractivity contribution in [2.24, 2.45) is 0 Å². The maximum atomic E-state index is 12.5. The number of hydrogen-bond acceptors (Lipinski definition) is 5. The summed E-state index contributed by atoms with van der Waals surface area (Å²) in [6.45, 7) is 0.813. The first kappa shape index (κ1) is 16.1. The molecule has 1 atom stereocenters. The predicted octanol–water partition coefficient (Wildman–Crippen LogP) is 2.05. The van der Waals surface area contributed by atoms with Crippen molar-refractivity contribution >= 4 is 21.7 Å². The zero-order valence-electron chi connectivity index (χ0n) is 13.5. The van der Waals surface area contributed by atoms with Gasteiger partial charge in [0.05, 0.1) is 18.3 Å². The van der Waals surface area contributed by atoms with Crippen LogP contribution in [0.3, 0.4) is 0 Å². The Morgan fingerprint density at radius 2 is 2.00 bits per heavy atom. The standard InChI is InChI=1S/C18H18N2O4S/c21-18(11-13-5-2-1-3-6-13)24-14-8-9-15-16(12-14)25(22,23)19-17-7-4-10-20(15)17/h1-3,5-6,8-9,12,17,19H,4,7,10-11H2. The van der Waals surface area contributed by atoms with Gasteiger partial charge in [-0.25, -0.2) is 8.42 Å². The fraction of sp³-hybridized carbons (Fsp3) is 0.278. The second-order valence-corrected chi connectivity index (χ2v) is 7.92. The first-order valence-electron chi connectivity index (χ1n) is 8.20. The largest absolute Gasteiger partial charge is 0.426 e. The molecule has 2 heterocycles. The highest BCUT2D eigenvalue weighted by atomic mass is 32.2. The van der Waals surface area contributed by atoms with E-state index in [0.29, 0.717) is 5.69 Å². The smallest absolute Gasteiger partial charge is 0.315 e. The number of esters is 1. The summed E-state index contributed by atoms with van der Waals surface area (Å²) >= 11 is 0. The first-order chi connectivity index (χ1) is 12.0. The summed E-state index contributed by atoms with van der Waals surface area (Å²) in [5.41, 5.74) is 1.52. The number of ether oxygens (including phenoxy) is 1. The zero-order valence-corrected chi connectivity index (χ0v) is 14.3. The van der Waals surface area contributed by atoms with Gasteiger partial charge in [0.2, 0.25) is 10.0 Å². The molecule has 0 spiro atoms. The number of hydrogen-bond donors (Lipinski definition) is 1. The van der Waals surface area contributed by atoms with Crippen LogP contribution in [0.1, 0.15) is 18.4 Å². The second-order valence-electron chi connectivity index (χ2n) is 6.24. The molecule has 0 bridgehead atoms. The molecule has 1 saturated heterocycles. The first-order valence-corrected chi connectivity index (χ1v) is 9.69. The minimum Gasteiger partial charge on any atom is -0.426 e. The molecule has 1 N–H and O–H groups in total. The van der Waals surface area contributed by atoms with E-state index < -0.39 is 16.0 Å². The van der Waals surface area contributed by atoms with E-state index in [1.54, 1.807) is 12.1 Å². The minimum atomic E-state index is -3.60. The van der Waals surface area contributed by atoms with Gasteiger partial charge >= 0.3 is 5.97 Å². The van der Waals surface area contributed by atoms with E-state index in [0.717, 1.165) is 24.9 Å². The van der Waals surface area contributed by atoms with Crippen LogP contribution in [-0.2, 0) is 21.2 Å². The molecule has 0 radical (unpaired) electrons. The maximum Gasteiger partial charge on any atom is 0.315 e. The molecule has 2 aromatic rings. The summed E-state index contributed by atoms with van der Waals surface area (Å²) in [5.74, 6) is -0.186. The van der Waals surface area contributed by atoms with Gasteiger partial charge in [0.25, 0.3) is 0 Å². The Hall–Kier alpha value is -2.38. The van der Waals surface area contributed by atoms with Crippen LogP contribution in [0.15, 0.2) is 53.4 Å². The molecule has 4 rings (SSSR count). The van der Waals surface area contributed by atoms with Gasteiger partial charge in [-0.3, -0.25) is 4.79 Å². The van der Waals surface area contributed by atoms with Gasteiger partial charge in [-0.15, -0.1) is 0 Å². The van der Waals surface area contributed by atoms with Crippen LogP contribution in [0, 0.1) is 0 Å². The van der Waals surface area contributed by atoms with Gasteiger partial charge in [0.1, 0.15) is 10.6 Å². The van der Waals surface area contributed by atoms with Crippen LogP contribution >= 0.6 is 0 Å². The van der Waals surface area contributed by atoms with Gasteiger partial charge in [0.15, 0.2) is 0 Å². The molecule has 6 nitrogen and oxygen atoms in total. The molecule has 0 aromatic heterocycles. The van der Waals surface area contributed by atoms with Crippen molar-refractivity contribution in [1.29, 1.82) is 0 Å². The number of benzene rings is 2. The van der Waals surface area contributed by atoms with Crippen molar-refractivity contribution in [3.8, 4) is 5.75 Å². The van der Waals surface area contributed by atoms with E-state index in [4.69, 9.17) is 4.74 Å². The third-order valence-electron chi connectivity index (χ3n) is 4.50. The number of nitrogens with one attached hydrogen (secondary N) is 1. The van der Waals surface area contributed by atoms with E-state index in [1.165, 1.54) is 6.07 Å². The van der Waals surface area contributed by atoms with Crippen LogP contribution in [-0.4, -0.2) is 27.1 Å². The Balaban J connectivity index is 1.58. The second kappa shape index (κ2) is 6.16. The van der Waals surface area contributed by atoms with E-state index in [1.807, 2.05) is 35.2 Å². The molecule has 7 heteroatoms. The van der Waals surface area contributed by atoms with Gasteiger partial charge in [0, 0.05) is 12.6 Å². The molecule has 25 heavy (non-hydrogen) atoms. The number of carbonyl (C=O) groups is 1. The van der Waals surface area contributed by atoms with Gasteiger partial charge < -0.3 is 9.64 Å². The number of rotatable bonds is 3. The topological polar surface area (TPSA) is 75.7 Å². The summed E-state index contributed by atoms with van der Waals surface area (Å²) in [4.78, 5) is 14.3. The molecular weight excluding hydrogens is 340 g/mol. The normalized spacial score (nSPS) is 20.6. The molecule has 0 amide bonds.